The van der Waals surface area contributed by atoms with Gasteiger partial charge in [0, 0.05) is 6.42 Å². The van der Waals surface area contributed by atoms with Crippen LogP contribution in [0.4, 0.5) is 26.3 Å². The van der Waals surface area contributed by atoms with Gasteiger partial charge in [-0.25, -0.2) is 0 Å². The number of hydrogen-bond donors (Lipinski definition) is 0. The molecule has 0 saturated carbocycles. The van der Waals surface area contributed by atoms with Gasteiger partial charge in [-0.15, -0.1) is 0 Å². The van der Waals surface area contributed by atoms with Crippen molar-refractivity contribution >= 4 is 35.2 Å². The highest BCUT2D eigenvalue weighted by Crippen LogP contribution is 2.56. The zero-order chi connectivity index (χ0) is 42.1. The third-order valence-corrected chi connectivity index (χ3v) is 27.4. The van der Waals surface area contributed by atoms with Crippen molar-refractivity contribution in [3.8, 4) is 11.8 Å². The van der Waals surface area contributed by atoms with Gasteiger partial charge < -0.3 is 13.3 Å². The summed E-state index contributed by atoms with van der Waals surface area (Å²) in [6.45, 7) is 28.6. The monoisotopic (exact) mass is 837 g/mol. The molecule has 4 atom stereocenters. The Morgan fingerprint density at radius 1 is 0.786 bits per heavy atom. The van der Waals surface area contributed by atoms with Crippen molar-refractivity contribution in [3.63, 3.8) is 0 Å². The average molecular weight is 838 g/mol. The molecule has 2 unspecified atom stereocenters. The van der Waals surface area contributed by atoms with Crippen LogP contribution in [0.5, 0.6) is 0 Å². The summed E-state index contributed by atoms with van der Waals surface area (Å²) in [4.78, 5) is 0. The molecule has 1 aromatic heterocycles. The topological polar surface area (TPSA) is 38.5 Å². The molecular weight excluding hydrogens is 779 g/mol. The average Bonchev–Trinajstić information content (AvgIpc) is 3.39. The van der Waals surface area contributed by atoms with E-state index in [4.69, 9.17) is 13.3 Å². The fourth-order valence-electron chi connectivity index (χ4n) is 7.47. The van der Waals surface area contributed by atoms with Gasteiger partial charge in [0.2, 0.25) is 6.20 Å². The SMILES string of the molecule is CC(C)(C)[Si](C)(C)OCC#CC(CCc1c[n+]2c(o1)[C@@H]1[C@H](C2)N1[Si](c1cccc(C(F)(F)F)c1)(c1cccc(C(F)(F)F)c1)C(C)(C)C)O[Si](C)(C)C(C)(C)C. The molecule has 14 heteroatoms. The zero-order valence-electron chi connectivity index (χ0n) is 35.1. The van der Waals surface area contributed by atoms with E-state index in [-0.39, 0.29) is 28.3 Å². The third kappa shape index (κ3) is 8.69. The van der Waals surface area contributed by atoms with Crippen molar-refractivity contribution in [3.05, 3.63) is 77.5 Å². The lowest BCUT2D eigenvalue weighted by Gasteiger charge is -2.46. The summed E-state index contributed by atoms with van der Waals surface area (Å²) in [7, 11) is -7.78. The number of rotatable bonds is 10. The Balaban J connectivity index is 1.48. The van der Waals surface area contributed by atoms with Crippen LogP contribution in [0.2, 0.25) is 41.3 Å². The maximum atomic E-state index is 14.2. The van der Waals surface area contributed by atoms with E-state index in [0.717, 1.165) is 30.0 Å². The van der Waals surface area contributed by atoms with Crippen LogP contribution in [-0.2, 0) is 34.2 Å². The van der Waals surface area contributed by atoms with Crippen LogP contribution in [0.3, 0.4) is 0 Å². The minimum Gasteiger partial charge on any atom is -0.406 e. The number of benzene rings is 2. The molecule has 1 saturated heterocycles. The Bertz CT molecular complexity index is 1900. The Hall–Kier alpha value is -2.68. The number of aromatic nitrogens is 1. The number of aryl methyl sites for hydroxylation is 1. The molecule has 0 radical (unpaired) electrons. The standard InChI is InChI=1S/C42H59F6N2O3Si3/c1-38(2,3)54(10,11)51-24-16-19-31(53-55(12,13)39(4,5)6)22-23-32-27-49-28-35-36(37(49)52-32)50(35)56(40(7,8)9,33-20-14-17-29(25-33)41(43,44)45)34-21-15-18-30(26-34)42(46,47)48/h14-15,17-18,20-21,25-27,31,35-36H,22-24,28H2,1-13H3/q+1/t31?,35-,36-,50?/m0/s1. The van der Waals surface area contributed by atoms with Gasteiger partial charge in [0.15, 0.2) is 43.2 Å². The predicted molar refractivity (Wildman–Crippen MR) is 216 cm³/mol. The second kappa shape index (κ2) is 14.9. The first kappa shape index (κ1) is 44.4. The normalized spacial score (nSPS) is 19.9. The second-order valence-corrected chi connectivity index (χ2v) is 33.7. The van der Waals surface area contributed by atoms with Gasteiger partial charge in [-0.2, -0.15) is 30.9 Å². The highest BCUT2D eigenvalue weighted by molar-refractivity contribution is 7.02. The van der Waals surface area contributed by atoms with Gasteiger partial charge >= 0.3 is 18.2 Å². The Labute approximate surface area is 332 Å². The maximum absolute atomic E-state index is 14.2. The molecule has 2 aliphatic heterocycles. The second-order valence-electron chi connectivity index (χ2n) is 19.5. The fraction of sp³-hybridized carbons (Fsp3) is 0.595. The summed E-state index contributed by atoms with van der Waals surface area (Å²) in [5, 5.41) is 0.128. The first-order valence-electron chi connectivity index (χ1n) is 19.4. The van der Waals surface area contributed by atoms with Gasteiger partial charge in [0.25, 0.3) is 0 Å². The van der Waals surface area contributed by atoms with E-state index in [0.29, 0.717) is 42.3 Å². The number of alkyl halides is 6. The van der Waals surface area contributed by atoms with Crippen molar-refractivity contribution in [2.45, 2.75) is 154 Å². The summed E-state index contributed by atoms with van der Waals surface area (Å²) in [6.07, 6.45) is -6.49. The van der Waals surface area contributed by atoms with Crippen molar-refractivity contribution in [1.29, 1.82) is 0 Å². The van der Waals surface area contributed by atoms with Crippen molar-refractivity contribution in [2.75, 3.05) is 6.61 Å². The van der Waals surface area contributed by atoms with E-state index in [1.54, 1.807) is 12.1 Å². The lowest BCUT2D eigenvalue weighted by atomic mass is 10.2. The van der Waals surface area contributed by atoms with Crippen molar-refractivity contribution in [1.82, 2.24) is 4.57 Å². The molecule has 0 aliphatic carbocycles. The smallest absolute Gasteiger partial charge is 0.406 e. The van der Waals surface area contributed by atoms with E-state index >= 15 is 0 Å². The van der Waals surface area contributed by atoms with Crippen LogP contribution >= 0.6 is 0 Å². The third-order valence-electron chi connectivity index (χ3n) is 12.5. The summed E-state index contributed by atoms with van der Waals surface area (Å²) in [5.74, 6) is 8.02. The first-order valence-corrected chi connectivity index (χ1v) is 27.1. The number of hydrogen-bond acceptors (Lipinski definition) is 4. The van der Waals surface area contributed by atoms with Crippen molar-refractivity contribution < 1.29 is 44.2 Å². The molecule has 2 aromatic carbocycles. The van der Waals surface area contributed by atoms with Gasteiger partial charge in [-0.05, 0) is 70.2 Å². The summed E-state index contributed by atoms with van der Waals surface area (Å²) in [6, 6.07) is 9.94. The molecule has 5 rings (SSSR count). The number of fused-ring (bicyclic) bond motifs is 3. The van der Waals surface area contributed by atoms with Gasteiger partial charge in [0.05, 0.1) is 23.8 Å². The minimum absolute atomic E-state index is 0.0284. The van der Waals surface area contributed by atoms with E-state index in [1.807, 2.05) is 31.5 Å². The molecule has 2 aliphatic rings. The lowest BCUT2D eigenvalue weighted by molar-refractivity contribution is -0.699. The Kier molecular flexibility index (Phi) is 11.8. The molecule has 0 amide bonds. The lowest BCUT2D eigenvalue weighted by Crippen LogP contribution is -2.71. The summed E-state index contributed by atoms with van der Waals surface area (Å²) < 4.78 is 109. The molecule has 56 heavy (non-hydrogen) atoms. The van der Waals surface area contributed by atoms with Crippen LogP contribution < -0.4 is 14.9 Å². The van der Waals surface area contributed by atoms with E-state index in [9.17, 15) is 26.3 Å². The molecule has 3 aromatic rings. The van der Waals surface area contributed by atoms with Crippen LogP contribution in [-0.4, -0.2) is 48.2 Å². The van der Waals surface area contributed by atoms with Crippen LogP contribution in [0.15, 0.2) is 59.1 Å². The first-order chi connectivity index (χ1) is 25.4. The Morgan fingerprint density at radius 3 is 1.77 bits per heavy atom. The van der Waals surface area contributed by atoms with Crippen LogP contribution in [0.1, 0.15) is 97.6 Å². The molecule has 5 nitrogen and oxygen atoms in total. The van der Waals surface area contributed by atoms with Gasteiger partial charge in [-0.3, -0.25) is 4.57 Å². The molecule has 1 fully saturated rings. The number of halogens is 6. The van der Waals surface area contributed by atoms with E-state index in [2.05, 4.69) is 84.1 Å². The maximum Gasteiger partial charge on any atom is 0.416 e. The molecule has 0 N–H and O–H groups in total. The quantitative estimate of drug-likeness (QED) is 0.0671. The van der Waals surface area contributed by atoms with Crippen molar-refractivity contribution in [2.24, 2.45) is 0 Å². The van der Waals surface area contributed by atoms with Crippen LogP contribution in [0.25, 0.3) is 0 Å². The van der Waals surface area contributed by atoms with E-state index in [1.165, 1.54) is 12.1 Å². The number of nitrogens with zero attached hydrogens (tertiary/aromatic N) is 2. The fourth-order valence-corrected chi connectivity index (χ4v) is 15.8. The summed E-state index contributed by atoms with van der Waals surface area (Å²) >= 11 is 0. The Morgan fingerprint density at radius 2 is 1.30 bits per heavy atom. The number of oxazole rings is 1. The largest absolute Gasteiger partial charge is 0.416 e. The van der Waals surface area contributed by atoms with Crippen LogP contribution in [0, 0.1) is 11.8 Å². The van der Waals surface area contributed by atoms with Gasteiger partial charge in [0.1, 0.15) is 6.10 Å². The minimum atomic E-state index is -4.62. The molecule has 0 bridgehead atoms. The predicted octanol–water partition coefficient (Wildman–Crippen LogP) is 10.3. The molecular formula is C42H59F6N2O3Si3+. The zero-order valence-corrected chi connectivity index (χ0v) is 38.1. The van der Waals surface area contributed by atoms with E-state index < -0.39 is 53.4 Å². The molecule has 308 valence electrons. The summed E-state index contributed by atoms with van der Waals surface area (Å²) in [5.41, 5.74) is -1.65. The van der Waals surface area contributed by atoms with Gasteiger partial charge in [-0.1, -0.05) is 111 Å². The molecule has 0 spiro atoms. The highest BCUT2D eigenvalue weighted by Gasteiger charge is 2.73. The molecule has 3 heterocycles. The highest BCUT2D eigenvalue weighted by atomic mass is 28.4.